The highest BCUT2D eigenvalue weighted by atomic mass is 127. The van der Waals surface area contributed by atoms with Crippen molar-refractivity contribution in [1.82, 2.24) is 4.31 Å². The molecule has 21 heavy (non-hydrogen) atoms. The second-order valence-corrected chi connectivity index (χ2v) is 7.94. The number of nitrogen functional groups attached to an aromatic ring is 1. The third kappa shape index (κ3) is 3.66. The van der Waals surface area contributed by atoms with E-state index in [2.05, 4.69) is 22.6 Å². The van der Waals surface area contributed by atoms with Crippen LogP contribution in [0.1, 0.15) is 0 Å². The molecule has 0 aliphatic carbocycles. The van der Waals surface area contributed by atoms with Crippen molar-refractivity contribution in [3.05, 3.63) is 46.0 Å². The van der Waals surface area contributed by atoms with Gasteiger partial charge in [0.25, 0.3) is 0 Å². The van der Waals surface area contributed by atoms with E-state index in [1.165, 1.54) is 32.3 Å². The number of hydrogen-bond donors (Lipinski definition) is 1. The second-order valence-electron chi connectivity index (χ2n) is 4.54. The van der Waals surface area contributed by atoms with E-state index in [9.17, 15) is 8.42 Å². The van der Waals surface area contributed by atoms with Gasteiger partial charge in [-0.25, -0.2) is 12.7 Å². The Morgan fingerprint density at radius 2 is 1.71 bits per heavy atom. The van der Waals surface area contributed by atoms with Gasteiger partial charge in [-0.15, -0.1) is 0 Å². The van der Waals surface area contributed by atoms with Gasteiger partial charge < -0.3 is 10.5 Å². The zero-order valence-electron chi connectivity index (χ0n) is 11.6. The maximum atomic E-state index is 12.1. The first kappa shape index (κ1) is 16.1. The average Bonchev–Trinajstić information content (AvgIpc) is 2.43. The summed E-state index contributed by atoms with van der Waals surface area (Å²) in [5.74, 6) is 0.917. The summed E-state index contributed by atoms with van der Waals surface area (Å²) in [5.41, 5.74) is 6.23. The van der Waals surface area contributed by atoms with Crippen molar-refractivity contribution in [3.8, 4) is 11.5 Å². The molecule has 0 aliphatic rings. The minimum absolute atomic E-state index is 0.141. The van der Waals surface area contributed by atoms with Crippen LogP contribution in [0, 0.1) is 3.57 Å². The molecule has 0 radical (unpaired) electrons. The zero-order valence-corrected chi connectivity index (χ0v) is 14.6. The molecule has 0 aromatic heterocycles. The minimum atomic E-state index is -3.52. The molecule has 0 saturated carbocycles. The molecule has 0 heterocycles. The number of benzene rings is 2. The van der Waals surface area contributed by atoms with Gasteiger partial charge in [0.05, 0.1) is 10.6 Å². The van der Waals surface area contributed by atoms with E-state index in [4.69, 9.17) is 10.5 Å². The van der Waals surface area contributed by atoms with E-state index in [-0.39, 0.29) is 4.90 Å². The third-order valence-corrected chi connectivity index (χ3v) is 5.34. The molecule has 0 bridgehead atoms. The van der Waals surface area contributed by atoms with Gasteiger partial charge in [-0.3, -0.25) is 0 Å². The summed E-state index contributed by atoms with van der Waals surface area (Å²) in [6, 6.07) is 11.8. The predicted molar refractivity (Wildman–Crippen MR) is 91.0 cm³/mol. The van der Waals surface area contributed by atoms with E-state index in [0.29, 0.717) is 17.2 Å². The summed E-state index contributed by atoms with van der Waals surface area (Å²) >= 11 is 2.19. The smallest absolute Gasteiger partial charge is 0.242 e. The Morgan fingerprint density at radius 1 is 1.10 bits per heavy atom. The first-order valence-electron chi connectivity index (χ1n) is 6.06. The third-order valence-electron chi connectivity index (χ3n) is 2.81. The van der Waals surface area contributed by atoms with E-state index < -0.39 is 10.0 Å². The SMILES string of the molecule is CN(C)S(=O)(=O)c1ccc(N)c(Oc2ccc(I)cc2)c1. The van der Waals surface area contributed by atoms with E-state index in [1.54, 1.807) is 12.1 Å². The molecule has 0 saturated heterocycles. The number of rotatable bonds is 4. The molecule has 2 rings (SSSR count). The van der Waals surface area contributed by atoms with Crippen molar-refractivity contribution < 1.29 is 13.2 Å². The van der Waals surface area contributed by atoms with Gasteiger partial charge >= 0.3 is 0 Å². The highest BCUT2D eigenvalue weighted by molar-refractivity contribution is 14.1. The lowest BCUT2D eigenvalue weighted by atomic mass is 10.3. The largest absolute Gasteiger partial charge is 0.455 e. The van der Waals surface area contributed by atoms with Gasteiger partial charge in [0, 0.05) is 23.7 Å². The van der Waals surface area contributed by atoms with Gasteiger partial charge in [0.15, 0.2) is 5.75 Å². The van der Waals surface area contributed by atoms with Crippen LogP contribution in [0.5, 0.6) is 11.5 Å². The molecule has 0 amide bonds. The summed E-state index contributed by atoms with van der Waals surface area (Å²) in [6.45, 7) is 0. The van der Waals surface area contributed by atoms with Crippen LogP contribution >= 0.6 is 22.6 Å². The molecule has 2 aromatic rings. The van der Waals surface area contributed by atoms with Crippen LogP contribution in [0.3, 0.4) is 0 Å². The van der Waals surface area contributed by atoms with Crippen LogP contribution in [0.4, 0.5) is 5.69 Å². The first-order chi connectivity index (χ1) is 9.80. The molecule has 112 valence electrons. The zero-order chi connectivity index (χ0) is 15.6. The molecular weight excluding hydrogens is 403 g/mol. The van der Waals surface area contributed by atoms with E-state index >= 15 is 0 Å². The van der Waals surface area contributed by atoms with Gasteiger partial charge in [-0.05, 0) is 59.0 Å². The summed E-state index contributed by atoms with van der Waals surface area (Å²) in [7, 11) is -0.564. The van der Waals surface area contributed by atoms with Crippen LogP contribution < -0.4 is 10.5 Å². The molecule has 5 nitrogen and oxygen atoms in total. The minimum Gasteiger partial charge on any atom is -0.455 e. The lowest BCUT2D eigenvalue weighted by molar-refractivity contribution is 0.481. The number of sulfonamides is 1. The molecule has 0 aliphatic heterocycles. The summed E-state index contributed by atoms with van der Waals surface area (Å²) in [5, 5.41) is 0. The topological polar surface area (TPSA) is 72.6 Å². The highest BCUT2D eigenvalue weighted by Crippen LogP contribution is 2.30. The van der Waals surface area contributed by atoms with Crippen LogP contribution in [0.2, 0.25) is 0 Å². The summed E-state index contributed by atoms with van der Waals surface area (Å²) < 4.78 is 32.1. The standard InChI is InChI=1S/C14H15IN2O3S/c1-17(2)21(18,19)12-7-8-13(16)14(9-12)20-11-5-3-10(15)4-6-11/h3-9H,16H2,1-2H3. The Morgan fingerprint density at radius 3 is 2.29 bits per heavy atom. The monoisotopic (exact) mass is 418 g/mol. The summed E-state index contributed by atoms with van der Waals surface area (Å²) in [4.78, 5) is 0.141. The maximum Gasteiger partial charge on any atom is 0.242 e. The van der Waals surface area contributed by atoms with Crippen molar-refractivity contribution in [2.75, 3.05) is 19.8 Å². The molecule has 0 spiro atoms. The number of nitrogens with zero attached hydrogens (tertiary/aromatic N) is 1. The average molecular weight is 418 g/mol. The summed E-state index contributed by atoms with van der Waals surface area (Å²) in [6.07, 6.45) is 0. The number of ether oxygens (including phenoxy) is 1. The molecular formula is C14H15IN2O3S. The first-order valence-corrected chi connectivity index (χ1v) is 8.58. The van der Waals surface area contributed by atoms with E-state index in [0.717, 1.165) is 7.88 Å². The van der Waals surface area contributed by atoms with Crippen molar-refractivity contribution >= 4 is 38.3 Å². The maximum absolute atomic E-state index is 12.1. The molecule has 0 atom stereocenters. The lowest BCUT2D eigenvalue weighted by Crippen LogP contribution is -2.22. The quantitative estimate of drug-likeness (QED) is 0.612. The number of nitrogens with two attached hydrogens (primary N) is 1. The number of halogens is 1. The van der Waals surface area contributed by atoms with Gasteiger partial charge in [-0.2, -0.15) is 0 Å². The van der Waals surface area contributed by atoms with Crippen LogP contribution in [-0.4, -0.2) is 26.8 Å². The normalized spacial score (nSPS) is 11.6. The Balaban J connectivity index is 2.38. The predicted octanol–water partition coefficient (Wildman–Crippen LogP) is 2.92. The van der Waals surface area contributed by atoms with E-state index in [1.807, 2.05) is 12.1 Å². The van der Waals surface area contributed by atoms with Crippen molar-refractivity contribution in [1.29, 1.82) is 0 Å². The van der Waals surface area contributed by atoms with Crippen LogP contribution in [0.15, 0.2) is 47.4 Å². The van der Waals surface area contributed by atoms with Crippen LogP contribution in [-0.2, 0) is 10.0 Å². The molecule has 7 heteroatoms. The molecule has 2 N–H and O–H groups in total. The fourth-order valence-corrected chi connectivity index (χ4v) is 2.88. The van der Waals surface area contributed by atoms with Crippen LogP contribution in [0.25, 0.3) is 0 Å². The highest BCUT2D eigenvalue weighted by Gasteiger charge is 2.19. The van der Waals surface area contributed by atoms with Crippen molar-refractivity contribution in [2.24, 2.45) is 0 Å². The fraction of sp³-hybridized carbons (Fsp3) is 0.143. The number of anilines is 1. The number of hydrogen-bond acceptors (Lipinski definition) is 4. The second kappa shape index (κ2) is 6.20. The van der Waals surface area contributed by atoms with Gasteiger partial charge in [0.2, 0.25) is 10.0 Å². The van der Waals surface area contributed by atoms with Gasteiger partial charge in [-0.1, -0.05) is 0 Å². The Labute approximate surface area is 137 Å². The Hall–Kier alpha value is -1.32. The van der Waals surface area contributed by atoms with Gasteiger partial charge in [0.1, 0.15) is 5.75 Å². The Bertz CT molecular complexity index is 743. The Kier molecular flexibility index (Phi) is 4.74. The van der Waals surface area contributed by atoms with Crippen molar-refractivity contribution in [2.45, 2.75) is 4.90 Å². The fourth-order valence-electron chi connectivity index (χ4n) is 1.60. The molecule has 0 fully saturated rings. The molecule has 2 aromatic carbocycles. The lowest BCUT2D eigenvalue weighted by Gasteiger charge is -2.14. The van der Waals surface area contributed by atoms with Crippen molar-refractivity contribution in [3.63, 3.8) is 0 Å². The molecule has 0 unspecified atom stereocenters.